The monoisotopic (exact) mass is 1250 g/mol. The molecule has 0 saturated carbocycles. The molecule has 0 heterocycles. The van der Waals surface area contributed by atoms with Crippen LogP contribution < -0.4 is 37.9 Å². The molecule has 0 fully saturated rings. The van der Waals surface area contributed by atoms with Gasteiger partial charge in [-0.05, 0) is 195 Å². The van der Waals surface area contributed by atoms with E-state index < -0.39 is 35.2 Å². The number of ether oxygens (including phenoxy) is 8. The Kier molecular flexibility index (Phi) is 37.0. The molecule has 0 unspecified atom stereocenters. The molecule has 87 heavy (non-hydrogen) atoms. The normalized spacial score (nSPS) is 10.1. The highest BCUT2D eigenvalue weighted by Crippen LogP contribution is 2.33. The number of phenols is 1. The van der Waals surface area contributed by atoms with Gasteiger partial charge in [0.25, 0.3) is 0 Å². The third kappa shape index (κ3) is 33.6. The van der Waals surface area contributed by atoms with Crippen LogP contribution in [0.5, 0.6) is 51.7 Å². The Morgan fingerprint density at radius 3 is 0.920 bits per heavy atom. The van der Waals surface area contributed by atoms with E-state index in [1.165, 1.54) is 36.4 Å². The van der Waals surface area contributed by atoms with E-state index in [1.54, 1.807) is 31.4 Å². The Hall–Kier alpha value is -9.46. The van der Waals surface area contributed by atoms with E-state index >= 15 is 0 Å². The topological polar surface area (TPSA) is 196 Å². The zero-order valence-corrected chi connectivity index (χ0v) is 48.6. The summed E-state index contributed by atoms with van der Waals surface area (Å²) in [5.74, 6) is 5.37. The van der Waals surface area contributed by atoms with Crippen molar-refractivity contribution in [2.24, 2.45) is 0 Å². The maximum Gasteiger partial charge on any atom is 0.416 e. The number of alkyl halides is 10. The van der Waals surface area contributed by atoms with Crippen molar-refractivity contribution in [2.75, 3.05) is 59.2 Å². The molecule has 0 atom stereocenters. The number of aryl methyl sites for hydroxylation is 3. The molecule has 0 spiro atoms. The molecule has 0 bridgehead atoms. The molecule has 0 aliphatic rings. The molecule has 0 aliphatic heterocycles. The van der Waals surface area contributed by atoms with Gasteiger partial charge in [-0.15, -0.1) is 11.6 Å². The molecule has 1 N–H and O–H groups in total. The van der Waals surface area contributed by atoms with E-state index in [0.29, 0.717) is 58.7 Å². The summed E-state index contributed by atoms with van der Waals surface area (Å²) in [5, 5.41) is 9.05. The summed E-state index contributed by atoms with van der Waals surface area (Å²) in [6.07, 6.45) is -12.3. The van der Waals surface area contributed by atoms with E-state index in [2.05, 4.69) is 19.7 Å². The van der Waals surface area contributed by atoms with E-state index in [0.717, 1.165) is 70.3 Å². The van der Waals surface area contributed by atoms with Crippen LogP contribution in [-0.4, -0.2) is 82.8 Å². The number of hydrogen-bond acceptors (Lipinski definition) is 15. The Balaban J connectivity index is 0.00000112. The Morgan fingerprint density at radius 1 is 0.414 bits per heavy atom. The number of halogens is 10. The van der Waals surface area contributed by atoms with Gasteiger partial charge in [-0.25, -0.2) is 0 Å². The minimum atomic E-state index is -4.36. The summed E-state index contributed by atoms with van der Waals surface area (Å²) < 4.78 is 155. The number of aromatic hydroxyl groups is 1. The van der Waals surface area contributed by atoms with Gasteiger partial charge >= 0.3 is 37.0 Å². The number of benzene rings is 6. The molecule has 470 valence electrons. The smallest absolute Gasteiger partial charge is 0.416 e. The fraction of sp³-hybridized carbons (Fsp3) is 0.274. The van der Waals surface area contributed by atoms with Gasteiger partial charge in [-0.1, -0.05) is 19.7 Å². The molecule has 0 radical (unpaired) electrons. The highest BCUT2D eigenvalue weighted by atomic mass is 35.5. The van der Waals surface area contributed by atoms with Crippen LogP contribution in [0.4, 0.5) is 39.5 Å². The highest BCUT2D eigenvalue weighted by Gasteiger charge is 2.31. The average molecular weight is 1250 g/mol. The van der Waals surface area contributed by atoms with Crippen LogP contribution in [0.15, 0.2) is 164 Å². The zero-order chi connectivity index (χ0) is 66.2. The van der Waals surface area contributed by atoms with Gasteiger partial charge in [0.2, 0.25) is 0 Å². The average Bonchev–Trinajstić information content (AvgIpc) is 3.62. The van der Waals surface area contributed by atoms with Crippen LogP contribution >= 0.6 is 11.6 Å². The second kappa shape index (κ2) is 41.5. The van der Waals surface area contributed by atoms with E-state index in [-0.39, 0.29) is 63.1 Å². The molecule has 6 aromatic rings. The third-order valence-electron chi connectivity index (χ3n) is 10.2. The van der Waals surface area contributed by atoms with Crippen molar-refractivity contribution in [1.82, 2.24) is 0 Å². The predicted molar refractivity (Wildman–Crippen MR) is 299 cm³/mol. The first-order valence-corrected chi connectivity index (χ1v) is 25.5. The van der Waals surface area contributed by atoms with Gasteiger partial charge in [0, 0.05) is 5.88 Å². The molecular formula is C62H62ClF9O15. The largest absolute Gasteiger partial charge is 0.508 e. The van der Waals surface area contributed by atoms with Gasteiger partial charge in [-0.3, -0.25) is 0 Å². The number of methoxy groups -OCH3 is 1. The number of carbonyl (C=O) groups excluding carboxylic acids is 6. The minimum absolute atomic E-state index is 0.153. The van der Waals surface area contributed by atoms with Crippen molar-refractivity contribution in [1.29, 1.82) is 0 Å². The van der Waals surface area contributed by atoms with Gasteiger partial charge in [0.15, 0.2) is 0 Å². The molecule has 0 aromatic heterocycles. The van der Waals surface area contributed by atoms with E-state index in [1.807, 2.05) is 65.0 Å². The van der Waals surface area contributed by atoms with E-state index in [4.69, 9.17) is 83.4 Å². The summed E-state index contributed by atoms with van der Waals surface area (Å²) in [4.78, 5) is 48.8. The number of rotatable bonds is 21. The molecule has 0 amide bonds. The molecule has 15 nitrogen and oxygen atoms in total. The number of hydrogen-bond donors (Lipinski definition) is 1. The molecule has 0 saturated heterocycles. The lowest BCUT2D eigenvalue weighted by molar-refractivity contribution is -0.193. The van der Waals surface area contributed by atoms with Crippen molar-refractivity contribution < 1.29 is 111 Å². The summed E-state index contributed by atoms with van der Waals surface area (Å²) >= 11 is 5.47. The Morgan fingerprint density at radius 2 is 0.667 bits per heavy atom. The lowest BCUT2D eigenvalue weighted by Crippen LogP contribution is -2.09. The first-order chi connectivity index (χ1) is 41.0. The predicted octanol–water partition coefficient (Wildman–Crippen LogP) is 14.7. The Labute approximate surface area is 501 Å². The van der Waals surface area contributed by atoms with Crippen LogP contribution in [0.3, 0.4) is 0 Å². The summed E-state index contributed by atoms with van der Waals surface area (Å²) in [7, 11) is 1.60. The second-order valence-electron chi connectivity index (χ2n) is 17.0. The summed E-state index contributed by atoms with van der Waals surface area (Å²) in [6, 6.07) is 29.6. The SMILES string of the molecule is C=C(CCl)COc1ccc(C(F)(F)F)cc1.C=C(COc1ccc(C(F)(F)F)cc1)COc1ccc(OC)c(C)c1.C=C(COc1ccc(C(F)(F)F)cc1)COc1ccc(OCC)c(C)c1.CCOc1ccc(O)cc1C.O=C=O.O=C=O.O=C=O. The van der Waals surface area contributed by atoms with Crippen LogP contribution in [0.25, 0.3) is 0 Å². The second-order valence-corrected chi connectivity index (χ2v) is 17.3. The third-order valence-corrected chi connectivity index (χ3v) is 10.6. The fourth-order valence-corrected chi connectivity index (χ4v) is 6.27. The molecule has 0 aliphatic carbocycles. The molecule has 25 heteroatoms. The summed E-state index contributed by atoms with van der Waals surface area (Å²) in [6.45, 7) is 23.2. The fourth-order valence-electron chi connectivity index (χ4n) is 6.19. The maximum atomic E-state index is 12.5. The molecule has 6 rings (SSSR count). The lowest BCUT2D eigenvalue weighted by Gasteiger charge is -2.13. The number of phenolic OH excluding ortho intramolecular Hbond substituents is 1. The summed E-state index contributed by atoms with van der Waals surface area (Å²) in [5.41, 5.74) is 2.76. The van der Waals surface area contributed by atoms with Crippen molar-refractivity contribution >= 4 is 30.1 Å². The molecule has 6 aromatic carbocycles. The standard InChI is InChI=1S/C20H21F3O3.C19H19F3O3.C11H10ClF3O.C9H12O2.3CO2/c1-4-24-19-10-9-18(11-15(19)3)26-13-14(2)12-25-17-7-5-16(6-8-17)20(21,22)23;1-13(12-25-17-8-9-18(23-3)14(2)10-17)11-24-16-6-4-15(5-7-16)19(20,21)22;1-8(6-12)7-16-10-4-2-9(3-5-10)11(13,14)15;1-3-11-9-5-4-8(10)6-7(9)2;3*2-1-3/h5-11H,2,4,12-13H2,1,3H3;4-10H,1,11-12H2,2-3H3;2-5H,1,6-7H2;4-6,10H,3H2,1-2H3;;;. The quantitative estimate of drug-likeness (QED) is 0.0405. The zero-order valence-electron chi connectivity index (χ0n) is 47.8. The van der Waals surface area contributed by atoms with Crippen molar-refractivity contribution in [3.63, 3.8) is 0 Å². The lowest BCUT2D eigenvalue weighted by atomic mass is 10.2. The van der Waals surface area contributed by atoms with Crippen LogP contribution in [0, 0.1) is 20.8 Å². The van der Waals surface area contributed by atoms with Gasteiger partial charge in [-0.2, -0.15) is 68.3 Å². The van der Waals surface area contributed by atoms with Gasteiger partial charge < -0.3 is 43.0 Å². The minimum Gasteiger partial charge on any atom is -0.508 e. The van der Waals surface area contributed by atoms with Crippen molar-refractivity contribution in [3.05, 3.63) is 197 Å². The first kappa shape index (κ1) is 77.5. The maximum absolute atomic E-state index is 12.5. The van der Waals surface area contributed by atoms with Crippen LogP contribution in [0.2, 0.25) is 0 Å². The highest BCUT2D eigenvalue weighted by molar-refractivity contribution is 6.19. The van der Waals surface area contributed by atoms with Gasteiger partial charge in [0.05, 0.1) is 37.0 Å². The van der Waals surface area contributed by atoms with Crippen LogP contribution in [-0.2, 0) is 47.3 Å². The van der Waals surface area contributed by atoms with Crippen molar-refractivity contribution in [2.45, 2.75) is 53.1 Å². The van der Waals surface area contributed by atoms with E-state index in [9.17, 15) is 39.5 Å². The van der Waals surface area contributed by atoms with Gasteiger partial charge in [0.1, 0.15) is 84.8 Å². The van der Waals surface area contributed by atoms with Crippen LogP contribution in [0.1, 0.15) is 47.2 Å². The van der Waals surface area contributed by atoms with Crippen molar-refractivity contribution in [3.8, 4) is 51.7 Å². The first-order valence-electron chi connectivity index (χ1n) is 25.0. The molecular weight excluding hydrogens is 1190 g/mol. The Bertz CT molecular complexity index is 3080.